The number of carbonyl (C=O) groups excluding carboxylic acids is 1. The fourth-order valence-corrected chi connectivity index (χ4v) is 4.04. The second-order valence-corrected chi connectivity index (χ2v) is 7.32. The fourth-order valence-electron chi connectivity index (χ4n) is 3.32. The van der Waals surface area contributed by atoms with Crippen molar-refractivity contribution in [3.63, 3.8) is 0 Å². The molecule has 0 saturated heterocycles. The maximum atomic E-state index is 13.2. The number of methoxy groups -OCH3 is 2. The highest BCUT2D eigenvalue weighted by Gasteiger charge is 2.34. The number of nitrogens with zero attached hydrogens (tertiary/aromatic N) is 2. The first-order valence-corrected chi connectivity index (χ1v) is 9.81. The molecule has 2 aromatic carbocycles. The van der Waals surface area contributed by atoms with Gasteiger partial charge in [-0.05, 0) is 41.3 Å². The van der Waals surface area contributed by atoms with Crippen molar-refractivity contribution in [1.29, 1.82) is 0 Å². The molecule has 0 spiro atoms. The highest BCUT2D eigenvalue weighted by atomic mass is 32.1. The van der Waals surface area contributed by atoms with E-state index < -0.39 is 0 Å². The third kappa shape index (κ3) is 3.39. The van der Waals surface area contributed by atoms with Gasteiger partial charge in [0, 0.05) is 12.0 Å². The largest absolute Gasteiger partial charge is 0.493 e. The summed E-state index contributed by atoms with van der Waals surface area (Å²) in [5.41, 5.74) is 2.49. The van der Waals surface area contributed by atoms with E-state index in [-0.39, 0.29) is 11.9 Å². The summed E-state index contributed by atoms with van der Waals surface area (Å²) in [5.74, 6) is 1.17. The molecule has 0 fully saturated rings. The fraction of sp³-hybridized carbons (Fsp3) is 0.182. The maximum absolute atomic E-state index is 13.2. The first-order chi connectivity index (χ1) is 13.7. The summed E-state index contributed by atoms with van der Waals surface area (Å²) < 4.78 is 10.8. The van der Waals surface area contributed by atoms with Crippen LogP contribution in [-0.4, -0.2) is 30.8 Å². The quantitative estimate of drug-likeness (QED) is 0.629. The van der Waals surface area contributed by atoms with E-state index in [9.17, 15) is 4.79 Å². The van der Waals surface area contributed by atoms with Crippen LogP contribution in [0.5, 0.6) is 11.5 Å². The molecule has 1 amide bonds. The van der Waals surface area contributed by atoms with Gasteiger partial charge >= 0.3 is 0 Å². The van der Waals surface area contributed by atoms with Gasteiger partial charge in [-0.2, -0.15) is 5.10 Å². The average Bonchev–Trinajstić information content (AvgIpc) is 3.43. The Morgan fingerprint density at radius 3 is 2.50 bits per heavy atom. The van der Waals surface area contributed by atoms with E-state index in [1.807, 2.05) is 66.0 Å². The molecule has 3 aromatic rings. The molecular formula is C22H20N2O3S. The first-order valence-electron chi connectivity index (χ1n) is 8.93. The summed E-state index contributed by atoms with van der Waals surface area (Å²) >= 11 is 1.63. The van der Waals surface area contributed by atoms with Gasteiger partial charge in [0.25, 0.3) is 5.91 Å². The monoisotopic (exact) mass is 392 g/mol. The highest BCUT2D eigenvalue weighted by molar-refractivity contribution is 7.12. The van der Waals surface area contributed by atoms with Gasteiger partial charge < -0.3 is 9.47 Å². The Kier molecular flexibility index (Phi) is 5.12. The Labute approximate surface area is 167 Å². The summed E-state index contributed by atoms with van der Waals surface area (Å²) in [6.07, 6.45) is 0.647. The molecule has 1 aromatic heterocycles. The van der Waals surface area contributed by atoms with Crippen molar-refractivity contribution in [3.05, 3.63) is 82.0 Å². The van der Waals surface area contributed by atoms with E-state index in [4.69, 9.17) is 14.6 Å². The molecule has 5 nitrogen and oxygen atoms in total. The van der Waals surface area contributed by atoms with Crippen LogP contribution in [0, 0.1) is 0 Å². The minimum absolute atomic E-state index is 0.119. The standard InChI is InChI=1S/C22H20N2O3S/c1-26-19-11-10-16(13-20(19)27-2)18-14-17(21-9-6-12-28-21)23-24(18)22(25)15-7-4-3-5-8-15/h3-13,18H,14H2,1-2H3/t18-/m0/s1. The van der Waals surface area contributed by atoms with E-state index in [0.717, 1.165) is 16.2 Å². The molecule has 1 atom stereocenters. The second kappa shape index (κ2) is 7.86. The zero-order chi connectivity index (χ0) is 19.5. The van der Waals surface area contributed by atoms with Crippen molar-refractivity contribution in [2.24, 2.45) is 5.10 Å². The van der Waals surface area contributed by atoms with E-state index in [2.05, 4.69) is 0 Å². The van der Waals surface area contributed by atoms with E-state index in [1.54, 1.807) is 30.6 Å². The van der Waals surface area contributed by atoms with Crippen molar-refractivity contribution in [2.45, 2.75) is 12.5 Å². The molecule has 142 valence electrons. The van der Waals surface area contributed by atoms with Crippen molar-refractivity contribution in [1.82, 2.24) is 5.01 Å². The van der Waals surface area contributed by atoms with E-state index >= 15 is 0 Å². The number of hydrogen-bond acceptors (Lipinski definition) is 5. The van der Waals surface area contributed by atoms with Gasteiger partial charge in [-0.3, -0.25) is 4.79 Å². The number of thiophene rings is 1. The third-order valence-corrected chi connectivity index (χ3v) is 5.66. The van der Waals surface area contributed by atoms with E-state index in [1.165, 1.54) is 0 Å². The van der Waals surface area contributed by atoms with Crippen LogP contribution in [0.15, 0.2) is 71.1 Å². The molecule has 0 unspecified atom stereocenters. The van der Waals surface area contributed by atoms with Gasteiger partial charge in [0.2, 0.25) is 0 Å². The Morgan fingerprint density at radius 1 is 1.04 bits per heavy atom. The van der Waals surface area contributed by atoms with Crippen molar-refractivity contribution in [3.8, 4) is 11.5 Å². The van der Waals surface area contributed by atoms with Gasteiger partial charge in [-0.1, -0.05) is 30.3 Å². The number of hydrazone groups is 1. The van der Waals surface area contributed by atoms with Crippen LogP contribution in [0.2, 0.25) is 0 Å². The lowest BCUT2D eigenvalue weighted by Crippen LogP contribution is -2.27. The van der Waals surface area contributed by atoms with Crippen LogP contribution in [0.1, 0.15) is 33.3 Å². The molecule has 0 saturated carbocycles. The molecule has 4 rings (SSSR count). The minimum Gasteiger partial charge on any atom is -0.493 e. The SMILES string of the molecule is COc1ccc([C@@H]2CC(c3cccs3)=NN2C(=O)c2ccccc2)cc1OC. The van der Waals surface area contributed by atoms with Crippen LogP contribution >= 0.6 is 11.3 Å². The number of hydrogen-bond donors (Lipinski definition) is 0. The number of rotatable bonds is 5. The molecule has 28 heavy (non-hydrogen) atoms. The highest BCUT2D eigenvalue weighted by Crippen LogP contribution is 2.38. The summed E-state index contributed by atoms with van der Waals surface area (Å²) in [7, 11) is 3.22. The van der Waals surface area contributed by atoms with Crippen LogP contribution in [0.3, 0.4) is 0 Å². The molecule has 1 aliphatic heterocycles. The molecule has 0 N–H and O–H groups in total. The Bertz CT molecular complexity index is 1000. The summed E-state index contributed by atoms with van der Waals surface area (Å²) in [4.78, 5) is 14.3. The third-order valence-electron chi connectivity index (χ3n) is 4.74. The van der Waals surface area contributed by atoms with Crippen LogP contribution in [0.4, 0.5) is 0 Å². The van der Waals surface area contributed by atoms with E-state index in [0.29, 0.717) is 23.5 Å². The van der Waals surface area contributed by atoms with Crippen LogP contribution in [-0.2, 0) is 0 Å². The maximum Gasteiger partial charge on any atom is 0.274 e. The Hall–Kier alpha value is -3.12. The first kappa shape index (κ1) is 18.3. The lowest BCUT2D eigenvalue weighted by molar-refractivity contribution is 0.0711. The van der Waals surface area contributed by atoms with Crippen molar-refractivity contribution in [2.75, 3.05) is 14.2 Å². The zero-order valence-electron chi connectivity index (χ0n) is 15.7. The summed E-state index contributed by atoms with van der Waals surface area (Å²) in [5, 5.41) is 8.31. The molecule has 0 radical (unpaired) electrons. The van der Waals surface area contributed by atoms with Crippen molar-refractivity contribution < 1.29 is 14.3 Å². The molecule has 0 aliphatic carbocycles. The molecular weight excluding hydrogens is 372 g/mol. The average molecular weight is 392 g/mol. The lowest BCUT2D eigenvalue weighted by atomic mass is 10.00. The van der Waals surface area contributed by atoms with Gasteiger partial charge in [0.15, 0.2) is 11.5 Å². The van der Waals surface area contributed by atoms with Crippen LogP contribution in [0.25, 0.3) is 0 Å². The predicted molar refractivity (Wildman–Crippen MR) is 110 cm³/mol. The number of ether oxygens (including phenoxy) is 2. The molecule has 1 aliphatic rings. The number of carbonyl (C=O) groups is 1. The smallest absolute Gasteiger partial charge is 0.274 e. The second-order valence-electron chi connectivity index (χ2n) is 6.37. The lowest BCUT2D eigenvalue weighted by Gasteiger charge is -2.23. The molecule has 2 heterocycles. The van der Waals surface area contributed by atoms with Gasteiger partial charge in [0.1, 0.15) is 0 Å². The Morgan fingerprint density at radius 2 is 1.82 bits per heavy atom. The Balaban J connectivity index is 1.73. The predicted octanol–water partition coefficient (Wildman–Crippen LogP) is 4.76. The van der Waals surface area contributed by atoms with Gasteiger partial charge in [0.05, 0.1) is 30.9 Å². The molecule has 6 heteroatoms. The molecule has 0 bridgehead atoms. The van der Waals surface area contributed by atoms with Gasteiger partial charge in [-0.15, -0.1) is 11.3 Å². The summed E-state index contributed by atoms with van der Waals surface area (Å²) in [6, 6.07) is 18.8. The van der Waals surface area contributed by atoms with Crippen LogP contribution < -0.4 is 9.47 Å². The van der Waals surface area contributed by atoms with Crippen molar-refractivity contribution >= 4 is 23.0 Å². The topological polar surface area (TPSA) is 51.1 Å². The zero-order valence-corrected chi connectivity index (χ0v) is 16.5. The summed E-state index contributed by atoms with van der Waals surface area (Å²) in [6.45, 7) is 0. The normalized spacial score (nSPS) is 16.0. The number of benzene rings is 2. The minimum atomic E-state index is -0.204. The van der Waals surface area contributed by atoms with Gasteiger partial charge in [-0.25, -0.2) is 5.01 Å². The number of amides is 1.